The van der Waals surface area contributed by atoms with E-state index in [2.05, 4.69) is 41.0 Å². The SMILES string of the molecule is CC1CCCCN1c1nc(N2CCOCC2)c2ccc(-c3ccccc3)nc2n1. The van der Waals surface area contributed by atoms with Crippen LogP contribution >= 0.6 is 0 Å². The molecule has 0 amide bonds. The van der Waals surface area contributed by atoms with Crippen molar-refractivity contribution >= 4 is 22.8 Å². The number of fused-ring (bicyclic) bond motifs is 1. The summed E-state index contributed by atoms with van der Waals surface area (Å²) in [4.78, 5) is 19.6. The maximum Gasteiger partial charge on any atom is 0.229 e. The van der Waals surface area contributed by atoms with Crippen molar-refractivity contribution in [2.24, 2.45) is 0 Å². The number of rotatable bonds is 3. The fraction of sp³-hybridized carbons (Fsp3) is 0.435. The maximum atomic E-state index is 5.56. The average Bonchev–Trinajstić information content (AvgIpc) is 2.79. The monoisotopic (exact) mass is 389 g/mol. The van der Waals surface area contributed by atoms with Crippen molar-refractivity contribution in [2.45, 2.75) is 32.2 Å². The molecule has 4 heterocycles. The number of piperidine rings is 1. The molecule has 1 unspecified atom stereocenters. The summed E-state index contributed by atoms with van der Waals surface area (Å²) >= 11 is 0. The van der Waals surface area contributed by atoms with Gasteiger partial charge in [0.1, 0.15) is 5.82 Å². The molecule has 2 fully saturated rings. The minimum Gasteiger partial charge on any atom is -0.378 e. The Balaban J connectivity index is 1.64. The lowest BCUT2D eigenvalue weighted by atomic mass is 10.0. The molecule has 2 aliphatic rings. The fourth-order valence-corrected chi connectivity index (χ4v) is 4.29. The van der Waals surface area contributed by atoms with Crippen molar-refractivity contribution in [1.82, 2.24) is 15.0 Å². The van der Waals surface area contributed by atoms with Gasteiger partial charge in [-0.05, 0) is 38.3 Å². The van der Waals surface area contributed by atoms with E-state index >= 15 is 0 Å². The molecule has 0 N–H and O–H groups in total. The van der Waals surface area contributed by atoms with Crippen molar-refractivity contribution in [3.05, 3.63) is 42.5 Å². The van der Waals surface area contributed by atoms with Crippen molar-refractivity contribution in [1.29, 1.82) is 0 Å². The Bertz CT molecular complexity index is 987. The van der Waals surface area contributed by atoms with Gasteiger partial charge in [0.15, 0.2) is 5.65 Å². The number of aromatic nitrogens is 3. The molecular formula is C23H27N5O. The van der Waals surface area contributed by atoms with Gasteiger partial charge >= 0.3 is 0 Å². The van der Waals surface area contributed by atoms with Crippen LogP contribution in [0.25, 0.3) is 22.3 Å². The zero-order valence-electron chi connectivity index (χ0n) is 16.9. The highest BCUT2D eigenvalue weighted by molar-refractivity contribution is 5.89. The highest BCUT2D eigenvalue weighted by Gasteiger charge is 2.24. The number of hydrogen-bond donors (Lipinski definition) is 0. The number of benzene rings is 1. The van der Waals surface area contributed by atoms with Gasteiger partial charge in [0.2, 0.25) is 5.95 Å². The summed E-state index contributed by atoms with van der Waals surface area (Å²) in [5.41, 5.74) is 2.83. The lowest BCUT2D eigenvalue weighted by Gasteiger charge is -2.35. The summed E-state index contributed by atoms with van der Waals surface area (Å²) < 4.78 is 5.56. The molecule has 0 saturated carbocycles. The van der Waals surface area contributed by atoms with E-state index in [1.165, 1.54) is 19.3 Å². The van der Waals surface area contributed by atoms with Crippen LogP contribution in [-0.4, -0.2) is 53.8 Å². The van der Waals surface area contributed by atoms with Crippen molar-refractivity contribution in [2.75, 3.05) is 42.6 Å². The van der Waals surface area contributed by atoms with Crippen LogP contribution in [0, 0.1) is 0 Å². The molecule has 29 heavy (non-hydrogen) atoms. The molecule has 1 atom stereocenters. The predicted molar refractivity (Wildman–Crippen MR) is 116 cm³/mol. The van der Waals surface area contributed by atoms with Crippen LogP contribution in [0.3, 0.4) is 0 Å². The number of pyridine rings is 1. The maximum absolute atomic E-state index is 5.56. The second-order valence-corrected chi connectivity index (χ2v) is 7.92. The molecule has 6 nitrogen and oxygen atoms in total. The van der Waals surface area contributed by atoms with Crippen molar-refractivity contribution in [3.63, 3.8) is 0 Å². The molecule has 1 aromatic carbocycles. The van der Waals surface area contributed by atoms with Gasteiger partial charge in [0.25, 0.3) is 0 Å². The first-order chi connectivity index (χ1) is 14.3. The molecule has 5 rings (SSSR count). The summed E-state index contributed by atoms with van der Waals surface area (Å²) in [6.45, 7) is 6.44. The number of ether oxygens (including phenoxy) is 1. The van der Waals surface area contributed by atoms with Gasteiger partial charge in [0.05, 0.1) is 24.3 Å². The molecule has 0 spiro atoms. The van der Waals surface area contributed by atoms with Crippen LogP contribution in [0.15, 0.2) is 42.5 Å². The largest absolute Gasteiger partial charge is 0.378 e. The summed E-state index contributed by atoms with van der Waals surface area (Å²) in [7, 11) is 0. The third-order valence-corrected chi connectivity index (χ3v) is 5.97. The highest BCUT2D eigenvalue weighted by atomic mass is 16.5. The van der Waals surface area contributed by atoms with E-state index < -0.39 is 0 Å². The van der Waals surface area contributed by atoms with E-state index in [4.69, 9.17) is 19.7 Å². The Morgan fingerprint density at radius 2 is 1.72 bits per heavy atom. The lowest BCUT2D eigenvalue weighted by Crippen LogP contribution is -2.40. The smallest absolute Gasteiger partial charge is 0.229 e. The molecule has 2 aromatic heterocycles. The average molecular weight is 390 g/mol. The minimum absolute atomic E-state index is 0.455. The van der Waals surface area contributed by atoms with Crippen LogP contribution in [0.2, 0.25) is 0 Å². The topological polar surface area (TPSA) is 54.4 Å². The molecule has 150 valence electrons. The third-order valence-electron chi connectivity index (χ3n) is 5.97. The van der Waals surface area contributed by atoms with Crippen LogP contribution < -0.4 is 9.80 Å². The second kappa shape index (κ2) is 7.95. The van der Waals surface area contributed by atoms with Gasteiger partial charge in [-0.15, -0.1) is 0 Å². The molecule has 0 bridgehead atoms. The fourth-order valence-electron chi connectivity index (χ4n) is 4.29. The zero-order chi connectivity index (χ0) is 19.6. The van der Waals surface area contributed by atoms with Gasteiger partial charge in [0, 0.05) is 31.2 Å². The second-order valence-electron chi connectivity index (χ2n) is 7.92. The van der Waals surface area contributed by atoms with Gasteiger partial charge in [-0.2, -0.15) is 9.97 Å². The number of morpholine rings is 1. The van der Waals surface area contributed by atoms with Gasteiger partial charge in [-0.25, -0.2) is 4.98 Å². The van der Waals surface area contributed by atoms with E-state index in [1.807, 2.05) is 18.2 Å². The Morgan fingerprint density at radius 3 is 2.52 bits per heavy atom. The lowest BCUT2D eigenvalue weighted by molar-refractivity contribution is 0.122. The first-order valence-electron chi connectivity index (χ1n) is 10.6. The van der Waals surface area contributed by atoms with Gasteiger partial charge < -0.3 is 14.5 Å². The molecule has 2 aliphatic heterocycles. The normalized spacial score (nSPS) is 20.2. The van der Waals surface area contributed by atoms with Crippen molar-refractivity contribution in [3.8, 4) is 11.3 Å². The Kier molecular flexibility index (Phi) is 5.02. The zero-order valence-corrected chi connectivity index (χ0v) is 16.9. The molecular weight excluding hydrogens is 362 g/mol. The molecule has 2 saturated heterocycles. The van der Waals surface area contributed by atoms with E-state index in [-0.39, 0.29) is 0 Å². The highest BCUT2D eigenvalue weighted by Crippen LogP contribution is 2.31. The van der Waals surface area contributed by atoms with Crippen LogP contribution in [0.1, 0.15) is 26.2 Å². The molecule has 3 aromatic rings. The van der Waals surface area contributed by atoms with Crippen molar-refractivity contribution < 1.29 is 4.74 Å². The Hall–Kier alpha value is -2.73. The quantitative estimate of drug-likeness (QED) is 0.677. The molecule has 0 aliphatic carbocycles. The minimum atomic E-state index is 0.455. The molecule has 6 heteroatoms. The van der Waals surface area contributed by atoms with E-state index in [9.17, 15) is 0 Å². The molecule has 0 radical (unpaired) electrons. The summed E-state index contributed by atoms with van der Waals surface area (Å²) in [6, 6.07) is 14.9. The van der Waals surface area contributed by atoms with E-state index in [0.29, 0.717) is 6.04 Å². The number of nitrogens with zero attached hydrogens (tertiary/aromatic N) is 5. The first kappa shape index (κ1) is 18.3. The number of anilines is 2. The summed E-state index contributed by atoms with van der Waals surface area (Å²) in [5.74, 6) is 1.79. The van der Waals surface area contributed by atoms with Crippen LogP contribution in [0.4, 0.5) is 11.8 Å². The Labute approximate surface area is 171 Å². The van der Waals surface area contributed by atoms with Gasteiger partial charge in [-0.1, -0.05) is 30.3 Å². The Morgan fingerprint density at radius 1 is 0.897 bits per heavy atom. The van der Waals surface area contributed by atoms with Crippen LogP contribution in [0.5, 0.6) is 0 Å². The van der Waals surface area contributed by atoms with E-state index in [0.717, 1.165) is 66.9 Å². The van der Waals surface area contributed by atoms with E-state index in [1.54, 1.807) is 0 Å². The predicted octanol–water partition coefficient (Wildman–Crippen LogP) is 3.91. The summed E-state index contributed by atoms with van der Waals surface area (Å²) in [5, 5.41) is 1.01. The standard InChI is InChI=1S/C23H27N5O/c1-17-7-5-6-12-28(17)23-25-21-19(22(26-23)27-13-15-29-16-14-27)10-11-20(24-21)18-8-3-2-4-9-18/h2-4,8-11,17H,5-7,12-16H2,1H3. The third kappa shape index (κ3) is 3.65. The van der Waals surface area contributed by atoms with Gasteiger partial charge in [-0.3, -0.25) is 0 Å². The van der Waals surface area contributed by atoms with Crippen LogP contribution in [-0.2, 0) is 4.74 Å². The summed E-state index contributed by atoms with van der Waals surface area (Å²) in [6.07, 6.45) is 3.65. The number of hydrogen-bond acceptors (Lipinski definition) is 6. The first-order valence-corrected chi connectivity index (χ1v) is 10.6.